The molecule has 0 unspecified atom stereocenters. The van der Waals surface area contributed by atoms with Crippen molar-refractivity contribution < 1.29 is 4.74 Å². The molecule has 0 bridgehead atoms. The predicted octanol–water partition coefficient (Wildman–Crippen LogP) is 3.25. The minimum Gasteiger partial charge on any atom is -0.437 e. The first-order valence-corrected chi connectivity index (χ1v) is 6.81. The summed E-state index contributed by atoms with van der Waals surface area (Å²) < 4.78 is 6.80. The molecule has 5 heteroatoms. The molecule has 19 heavy (non-hydrogen) atoms. The van der Waals surface area contributed by atoms with Gasteiger partial charge in [-0.05, 0) is 35.6 Å². The molecule has 0 aliphatic heterocycles. The molecule has 0 spiro atoms. The van der Waals surface area contributed by atoms with Crippen LogP contribution in [0.2, 0.25) is 0 Å². The Morgan fingerprint density at radius 2 is 2.00 bits per heavy atom. The van der Waals surface area contributed by atoms with Crippen LogP contribution in [0.4, 0.5) is 0 Å². The second kappa shape index (κ2) is 4.95. The maximum atomic E-state index is 5.82. The van der Waals surface area contributed by atoms with E-state index in [1.54, 1.807) is 11.3 Å². The maximum Gasteiger partial charge on any atom is 0.240 e. The molecule has 2 aromatic heterocycles. The summed E-state index contributed by atoms with van der Waals surface area (Å²) in [5, 5.41) is 2.06. The zero-order chi connectivity index (χ0) is 13.2. The molecule has 1 aromatic carbocycles. The van der Waals surface area contributed by atoms with Crippen molar-refractivity contribution in [3.05, 3.63) is 47.1 Å². The van der Waals surface area contributed by atoms with Crippen LogP contribution in [0.25, 0.3) is 10.2 Å². The highest BCUT2D eigenvalue weighted by Gasteiger charge is 2.09. The number of aryl methyl sites for hydroxylation is 1. The summed E-state index contributed by atoms with van der Waals surface area (Å²) in [6.07, 6.45) is 1.53. The second-order valence-corrected chi connectivity index (χ2v) is 5.11. The Hall–Kier alpha value is -1.98. The predicted molar refractivity (Wildman–Crippen MR) is 76.6 cm³/mol. The molecule has 0 aliphatic rings. The summed E-state index contributed by atoms with van der Waals surface area (Å²) in [6, 6.07) is 7.70. The standard InChI is InChI=1S/C14H13N3OS/c1-9-7-19-13-12(9)16-8-17-14(13)18-11-4-2-10(6-15)3-5-11/h2-5,7-8H,6,15H2,1H3. The Balaban J connectivity index is 1.96. The third-order valence-electron chi connectivity index (χ3n) is 2.87. The van der Waals surface area contributed by atoms with Gasteiger partial charge in [0.25, 0.3) is 0 Å². The molecule has 2 N–H and O–H groups in total. The van der Waals surface area contributed by atoms with Crippen LogP contribution < -0.4 is 10.5 Å². The van der Waals surface area contributed by atoms with Crippen molar-refractivity contribution in [1.82, 2.24) is 9.97 Å². The summed E-state index contributed by atoms with van der Waals surface area (Å²) in [5.74, 6) is 1.35. The van der Waals surface area contributed by atoms with E-state index < -0.39 is 0 Å². The fourth-order valence-corrected chi connectivity index (χ4v) is 2.75. The highest BCUT2D eigenvalue weighted by atomic mass is 32.1. The number of benzene rings is 1. The molecule has 4 nitrogen and oxygen atoms in total. The second-order valence-electron chi connectivity index (χ2n) is 4.23. The van der Waals surface area contributed by atoms with Crippen LogP contribution >= 0.6 is 11.3 Å². The first-order valence-electron chi connectivity index (χ1n) is 5.93. The number of nitrogens with zero attached hydrogens (tertiary/aromatic N) is 2. The Morgan fingerprint density at radius 3 is 2.74 bits per heavy atom. The normalized spacial score (nSPS) is 10.8. The SMILES string of the molecule is Cc1csc2c(Oc3ccc(CN)cc3)ncnc12. The van der Waals surface area contributed by atoms with Gasteiger partial charge in [-0.25, -0.2) is 9.97 Å². The Labute approximate surface area is 114 Å². The number of hydrogen-bond acceptors (Lipinski definition) is 5. The molecule has 96 valence electrons. The monoisotopic (exact) mass is 271 g/mol. The molecule has 3 aromatic rings. The molecular formula is C14H13N3OS. The third kappa shape index (κ3) is 2.30. The number of hydrogen-bond donors (Lipinski definition) is 1. The lowest BCUT2D eigenvalue weighted by Crippen LogP contribution is -1.95. The number of fused-ring (bicyclic) bond motifs is 1. The van der Waals surface area contributed by atoms with Crippen LogP contribution in [0.1, 0.15) is 11.1 Å². The number of thiophene rings is 1. The molecule has 0 aliphatic carbocycles. The fraction of sp³-hybridized carbons (Fsp3) is 0.143. The first kappa shape index (κ1) is 12.1. The summed E-state index contributed by atoms with van der Waals surface area (Å²) in [4.78, 5) is 8.48. The third-order valence-corrected chi connectivity index (χ3v) is 3.95. The van der Waals surface area contributed by atoms with Gasteiger partial charge in [-0.3, -0.25) is 0 Å². The van der Waals surface area contributed by atoms with Gasteiger partial charge in [-0.2, -0.15) is 0 Å². The van der Waals surface area contributed by atoms with E-state index in [-0.39, 0.29) is 0 Å². The minimum atomic E-state index is 0.530. The van der Waals surface area contributed by atoms with E-state index in [4.69, 9.17) is 10.5 Å². The van der Waals surface area contributed by atoms with Crippen molar-refractivity contribution in [2.45, 2.75) is 13.5 Å². The van der Waals surface area contributed by atoms with E-state index in [0.717, 1.165) is 27.1 Å². The van der Waals surface area contributed by atoms with Crippen molar-refractivity contribution in [2.75, 3.05) is 0 Å². The highest BCUT2D eigenvalue weighted by molar-refractivity contribution is 7.17. The van der Waals surface area contributed by atoms with Crippen molar-refractivity contribution in [2.24, 2.45) is 5.73 Å². The van der Waals surface area contributed by atoms with E-state index in [1.165, 1.54) is 6.33 Å². The van der Waals surface area contributed by atoms with Gasteiger partial charge < -0.3 is 10.5 Å². The van der Waals surface area contributed by atoms with Crippen molar-refractivity contribution in [1.29, 1.82) is 0 Å². The van der Waals surface area contributed by atoms with Gasteiger partial charge in [-0.15, -0.1) is 11.3 Å². The zero-order valence-corrected chi connectivity index (χ0v) is 11.3. The van der Waals surface area contributed by atoms with Crippen LogP contribution in [-0.4, -0.2) is 9.97 Å². The van der Waals surface area contributed by atoms with Gasteiger partial charge in [0.1, 0.15) is 16.8 Å². The summed E-state index contributed by atoms with van der Waals surface area (Å²) >= 11 is 1.60. The van der Waals surface area contributed by atoms with Crippen molar-refractivity contribution in [3.8, 4) is 11.6 Å². The molecule has 0 radical (unpaired) electrons. The summed E-state index contributed by atoms with van der Waals surface area (Å²) in [7, 11) is 0. The quantitative estimate of drug-likeness (QED) is 0.794. The number of nitrogens with two attached hydrogens (primary N) is 1. The Bertz CT molecular complexity index is 706. The van der Waals surface area contributed by atoms with Crippen molar-refractivity contribution in [3.63, 3.8) is 0 Å². The van der Waals surface area contributed by atoms with Gasteiger partial charge in [0.2, 0.25) is 5.88 Å². The zero-order valence-electron chi connectivity index (χ0n) is 10.5. The molecule has 0 atom stereocenters. The van der Waals surface area contributed by atoms with Crippen LogP contribution in [0, 0.1) is 6.92 Å². The van der Waals surface area contributed by atoms with Gasteiger partial charge in [-0.1, -0.05) is 12.1 Å². The molecule has 3 rings (SSSR count). The molecule has 0 saturated heterocycles. The Kier molecular flexibility index (Phi) is 3.15. The number of ether oxygens (including phenoxy) is 1. The van der Waals surface area contributed by atoms with E-state index in [9.17, 15) is 0 Å². The van der Waals surface area contributed by atoms with Crippen LogP contribution in [0.3, 0.4) is 0 Å². The lowest BCUT2D eigenvalue weighted by atomic mass is 10.2. The average Bonchev–Trinajstić information content (AvgIpc) is 2.83. The van der Waals surface area contributed by atoms with Gasteiger partial charge in [0, 0.05) is 6.54 Å². The van der Waals surface area contributed by atoms with Gasteiger partial charge >= 0.3 is 0 Å². The topological polar surface area (TPSA) is 61.0 Å². The smallest absolute Gasteiger partial charge is 0.240 e. The van der Waals surface area contributed by atoms with Gasteiger partial charge in [0.15, 0.2) is 0 Å². The van der Waals surface area contributed by atoms with E-state index >= 15 is 0 Å². The Morgan fingerprint density at radius 1 is 1.21 bits per heavy atom. The first-order chi connectivity index (χ1) is 9.28. The highest BCUT2D eigenvalue weighted by Crippen LogP contribution is 2.32. The summed E-state index contributed by atoms with van der Waals surface area (Å²) in [5.41, 5.74) is 8.74. The molecular weight excluding hydrogens is 258 g/mol. The molecule has 0 fully saturated rings. The van der Waals surface area contributed by atoms with E-state index in [2.05, 4.69) is 15.3 Å². The van der Waals surface area contributed by atoms with E-state index in [0.29, 0.717) is 12.4 Å². The van der Waals surface area contributed by atoms with Crippen molar-refractivity contribution >= 4 is 21.6 Å². The number of aromatic nitrogens is 2. The fourth-order valence-electron chi connectivity index (χ4n) is 1.83. The average molecular weight is 271 g/mol. The molecule has 0 amide bonds. The van der Waals surface area contributed by atoms with Crippen LogP contribution in [-0.2, 0) is 6.54 Å². The molecule has 2 heterocycles. The minimum absolute atomic E-state index is 0.530. The van der Waals surface area contributed by atoms with Crippen LogP contribution in [0.5, 0.6) is 11.6 Å². The van der Waals surface area contributed by atoms with Gasteiger partial charge in [0.05, 0.1) is 5.52 Å². The maximum absolute atomic E-state index is 5.82. The lowest BCUT2D eigenvalue weighted by Gasteiger charge is -2.06. The van der Waals surface area contributed by atoms with Crippen LogP contribution in [0.15, 0.2) is 36.0 Å². The van der Waals surface area contributed by atoms with E-state index in [1.807, 2.05) is 31.2 Å². The largest absolute Gasteiger partial charge is 0.437 e. The summed E-state index contributed by atoms with van der Waals surface area (Å²) in [6.45, 7) is 2.56. The molecule has 0 saturated carbocycles. The number of rotatable bonds is 3. The lowest BCUT2D eigenvalue weighted by molar-refractivity contribution is 0.469.